The van der Waals surface area contributed by atoms with E-state index in [1.54, 1.807) is 0 Å². The van der Waals surface area contributed by atoms with Gasteiger partial charge in [0.2, 0.25) is 0 Å². The lowest BCUT2D eigenvalue weighted by Crippen LogP contribution is -2.26. The van der Waals surface area contributed by atoms with Gasteiger partial charge in [0, 0.05) is 0 Å². The molecule has 1 fully saturated rings. The first-order valence-corrected chi connectivity index (χ1v) is 4.19. The molecule has 10 heavy (non-hydrogen) atoms. The summed E-state index contributed by atoms with van der Waals surface area (Å²) in [5, 5.41) is 0. The van der Waals surface area contributed by atoms with Gasteiger partial charge in [-0.2, -0.15) is 0 Å². The van der Waals surface area contributed by atoms with Crippen molar-refractivity contribution in [1.82, 2.24) is 0 Å². The molecule has 0 heteroatoms. The molecule has 1 atom stereocenters. The molecule has 0 unspecified atom stereocenters. The van der Waals surface area contributed by atoms with Crippen molar-refractivity contribution in [1.29, 1.82) is 0 Å². The fraction of sp³-hybridized carbons (Fsp3) is 0.800. The van der Waals surface area contributed by atoms with Crippen LogP contribution >= 0.6 is 0 Å². The Balaban J connectivity index is 2.63. The summed E-state index contributed by atoms with van der Waals surface area (Å²) in [7, 11) is 0. The highest BCUT2D eigenvalue weighted by Crippen LogP contribution is 2.41. The normalized spacial score (nSPS) is 32.3. The van der Waals surface area contributed by atoms with Crippen molar-refractivity contribution in [3.8, 4) is 0 Å². The highest BCUT2D eigenvalue weighted by molar-refractivity contribution is 5.04. The Morgan fingerprint density at radius 2 is 2.10 bits per heavy atom. The minimum Gasteiger partial charge on any atom is -0.0998 e. The summed E-state index contributed by atoms with van der Waals surface area (Å²) in [6, 6.07) is 0. The first kappa shape index (κ1) is 7.84. The summed E-state index contributed by atoms with van der Waals surface area (Å²) in [4.78, 5) is 0. The van der Waals surface area contributed by atoms with E-state index in [-0.39, 0.29) is 0 Å². The van der Waals surface area contributed by atoms with Gasteiger partial charge in [0.25, 0.3) is 0 Å². The van der Waals surface area contributed by atoms with E-state index in [1.165, 1.54) is 24.8 Å². The van der Waals surface area contributed by atoms with Crippen molar-refractivity contribution in [3.63, 3.8) is 0 Å². The largest absolute Gasteiger partial charge is 0.0998 e. The van der Waals surface area contributed by atoms with Gasteiger partial charge in [0.05, 0.1) is 0 Å². The van der Waals surface area contributed by atoms with Crippen LogP contribution in [-0.2, 0) is 0 Å². The SMILES string of the molecule is C=C1CC[C@@H](C)C(C)(C)C1. The van der Waals surface area contributed by atoms with Crippen LogP contribution in [0.4, 0.5) is 0 Å². The Kier molecular flexibility index (Phi) is 1.89. The molecule has 1 aliphatic carbocycles. The molecule has 0 nitrogen and oxygen atoms in total. The predicted molar refractivity (Wildman–Crippen MR) is 45.9 cm³/mol. The summed E-state index contributed by atoms with van der Waals surface area (Å²) >= 11 is 0. The van der Waals surface area contributed by atoms with Gasteiger partial charge in [-0.25, -0.2) is 0 Å². The van der Waals surface area contributed by atoms with Crippen LogP contribution < -0.4 is 0 Å². The topological polar surface area (TPSA) is 0 Å². The van der Waals surface area contributed by atoms with Crippen LogP contribution in [0.3, 0.4) is 0 Å². The molecule has 0 aromatic rings. The maximum Gasteiger partial charge on any atom is -0.0269 e. The standard InChI is InChI=1S/C10H18/c1-8-5-6-9(2)10(3,4)7-8/h9H,1,5-7H2,2-4H3/t9-/m1/s1. The number of allylic oxidation sites excluding steroid dienone is 1. The molecule has 58 valence electrons. The zero-order chi connectivity index (χ0) is 7.78. The van der Waals surface area contributed by atoms with E-state index in [9.17, 15) is 0 Å². The molecule has 0 heterocycles. The van der Waals surface area contributed by atoms with Gasteiger partial charge in [-0.05, 0) is 30.6 Å². The van der Waals surface area contributed by atoms with Crippen LogP contribution in [0.15, 0.2) is 12.2 Å². The Hall–Kier alpha value is -0.260. The second kappa shape index (κ2) is 2.41. The van der Waals surface area contributed by atoms with E-state index in [0.717, 1.165) is 5.92 Å². The summed E-state index contributed by atoms with van der Waals surface area (Å²) in [6.07, 6.45) is 3.82. The highest BCUT2D eigenvalue weighted by Gasteiger charge is 2.29. The Labute approximate surface area is 64.3 Å². The first-order valence-electron chi connectivity index (χ1n) is 4.19. The van der Waals surface area contributed by atoms with E-state index in [0.29, 0.717) is 5.41 Å². The lowest BCUT2D eigenvalue weighted by atomic mass is 9.68. The zero-order valence-corrected chi connectivity index (χ0v) is 7.41. The van der Waals surface area contributed by atoms with Crippen LogP contribution in [0.2, 0.25) is 0 Å². The first-order chi connectivity index (χ1) is 4.52. The molecule has 0 aromatic heterocycles. The highest BCUT2D eigenvalue weighted by atomic mass is 14.3. The molecule has 0 spiro atoms. The fourth-order valence-corrected chi connectivity index (χ4v) is 1.72. The molecule has 1 rings (SSSR count). The van der Waals surface area contributed by atoms with E-state index in [4.69, 9.17) is 0 Å². The number of rotatable bonds is 0. The summed E-state index contributed by atoms with van der Waals surface area (Å²) in [5.74, 6) is 0.873. The van der Waals surface area contributed by atoms with Gasteiger partial charge in [-0.3, -0.25) is 0 Å². The van der Waals surface area contributed by atoms with Crippen LogP contribution in [0.5, 0.6) is 0 Å². The van der Waals surface area contributed by atoms with Gasteiger partial charge >= 0.3 is 0 Å². The lowest BCUT2D eigenvalue weighted by molar-refractivity contribution is 0.188. The third-order valence-corrected chi connectivity index (χ3v) is 2.97. The molecule has 0 N–H and O–H groups in total. The maximum atomic E-state index is 4.04. The molecule has 0 radical (unpaired) electrons. The Morgan fingerprint density at radius 3 is 2.50 bits per heavy atom. The van der Waals surface area contributed by atoms with Gasteiger partial charge in [-0.1, -0.05) is 32.9 Å². The van der Waals surface area contributed by atoms with Crippen molar-refractivity contribution in [2.24, 2.45) is 11.3 Å². The summed E-state index contributed by atoms with van der Waals surface area (Å²) in [5.41, 5.74) is 1.96. The van der Waals surface area contributed by atoms with Crippen molar-refractivity contribution in [3.05, 3.63) is 12.2 Å². The fourth-order valence-electron chi connectivity index (χ4n) is 1.72. The van der Waals surface area contributed by atoms with Crippen LogP contribution in [0, 0.1) is 11.3 Å². The van der Waals surface area contributed by atoms with Crippen molar-refractivity contribution in [2.45, 2.75) is 40.0 Å². The average molecular weight is 138 g/mol. The Bertz CT molecular complexity index is 142. The Morgan fingerprint density at radius 1 is 1.50 bits per heavy atom. The molecular formula is C10H18. The molecular weight excluding hydrogens is 120 g/mol. The van der Waals surface area contributed by atoms with Gasteiger partial charge < -0.3 is 0 Å². The smallest absolute Gasteiger partial charge is 0.0269 e. The maximum absolute atomic E-state index is 4.04. The van der Waals surface area contributed by atoms with Crippen LogP contribution in [0.1, 0.15) is 40.0 Å². The van der Waals surface area contributed by atoms with Gasteiger partial charge in [0.15, 0.2) is 0 Å². The molecule has 0 amide bonds. The van der Waals surface area contributed by atoms with Gasteiger partial charge in [0.1, 0.15) is 0 Å². The van der Waals surface area contributed by atoms with Crippen LogP contribution in [-0.4, -0.2) is 0 Å². The van der Waals surface area contributed by atoms with Gasteiger partial charge in [-0.15, -0.1) is 0 Å². The molecule has 0 aromatic carbocycles. The zero-order valence-electron chi connectivity index (χ0n) is 7.41. The quantitative estimate of drug-likeness (QED) is 0.450. The summed E-state index contributed by atoms with van der Waals surface area (Å²) < 4.78 is 0. The monoisotopic (exact) mass is 138 g/mol. The van der Waals surface area contributed by atoms with Crippen molar-refractivity contribution in [2.75, 3.05) is 0 Å². The van der Waals surface area contributed by atoms with E-state index < -0.39 is 0 Å². The van der Waals surface area contributed by atoms with Crippen LogP contribution in [0.25, 0.3) is 0 Å². The molecule has 1 aliphatic rings. The second-order valence-corrected chi connectivity index (χ2v) is 4.36. The minimum atomic E-state index is 0.509. The van der Waals surface area contributed by atoms with Crippen molar-refractivity contribution >= 4 is 0 Å². The third-order valence-electron chi connectivity index (χ3n) is 2.97. The van der Waals surface area contributed by atoms with E-state index in [2.05, 4.69) is 27.4 Å². The average Bonchev–Trinajstić information content (AvgIpc) is 1.78. The van der Waals surface area contributed by atoms with Crippen molar-refractivity contribution < 1.29 is 0 Å². The number of hydrogen-bond acceptors (Lipinski definition) is 0. The lowest BCUT2D eigenvalue weighted by Gasteiger charge is -2.37. The second-order valence-electron chi connectivity index (χ2n) is 4.36. The third kappa shape index (κ3) is 1.42. The van der Waals surface area contributed by atoms with E-state index >= 15 is 0 Å². The minimum absolute atomic E-state index is 0.509. The number of hydrogen-bond donors (Lipinski definition) is 0. The summed E-state index contributed by atoms with van der Waals surface area (Å²) in [6.45, 7) is 11.1. The molecule has 1 saturated carbocycles. The predicted octanol–water partition coefficient (Wildman–Crippen LogP) is 3.39. The molecule has 0 aliphatic heterocycles. The van der Waals surface area contributed by atoms with E-state index in [1.807, 2.05) is 0 Å². The molecule has 0 bridgehead atoms. The molecule has 0 saturated heterocycles.